The number of nitrogens with zero attached hydrogens (tertiary/aromatic N) is 3. The Morgan fingerprint density at radius 3 is 2.65 bits per heavy atom. The summed E-state index contributed by atoms with van der Waals surface area (Å²) in [5.41, 5.74) is 4.24. The summed E-state index contributed by atoms with van der Waals surface area (Å²) in [6.45, 7) is 8.11. The Labute approximate surface area is 99.8 Å². The van der Waals surface area contributed by atoms with Gasteiger partial charge in [-0.3, -0.25) is 14.6 Å². The number of H-pyrrole nitrogens is 1. The van der Waals surface area contributed by atoms with Gasteiger partial charge in [-0.2, -0.15) is 10.2 Å². The Kier molecular flexibility index (Phi) is 2.83. The number of nitrogens with one attached hydrogen (secondary N) is 1. The lowest BCUT2D eigenvalue weighted by Crippen LogP contribution is -2.04. The van der Waals surface area contributed by atoms with Crippen LogP contribution in [0.3, 0.4) is 0 Å². The lowest BCUT2D eigenvalue weighted by molar-refractivity contribution is 0.112. The lowest BCUT2D eigenvalue weighted by Gasteiger charge is -2.08. The van der Waals surface area contributed by atoms with Crippen LogP contribution in [0.15, 0.2) is 6.20 Å². The van der Waals surface area contributed by atoms with Gasteiger partial charge in [0.1, 0.15) is 0 Å². The third-order valence-corrected chi connectivity index (χ3v) is 2.86. The van der Waals surface area contributed by atoms with E-state index in [1.165, 1.54) is 6.20 Å². The summed E-state index contributed by atoms with van der Waals surface area (Å²) in [5.74, 6) is 0. The standard InChI is InChI=1S/C12H16N4O/c1-7(2)16-9(4)11(8(3)15-16)12-10(6-17)5-13-14-12/h5-7H,1-4H3,(H,13,14). The van der Waals surface area contributed by atoms with Crippen molar-refractivity contribution < 1.29 is 4.79 Å². The third-order valence-electron chi connectivity index (χ3n) is 2.86. The number of carbonyl (C=O) groups is 1. The fourth-order valence-corrected chi connectivity index (χ4v) is 2.11. The van der Waals surface area contributed by atoms with E-state index in [9.17, 15) is 4.79 Å². The minimum atomic E-state index is 0.296. The average molecular weight is 232 g/mol. The van der Waals surface area contributed by atoms with Crippen LogP contribution in [-0.4, -0.2) is 26.3 Å². The molecule has 2 aromatic heterocycles. The second kappa shape index (κ2) is 4.16. The van der Waals surface area contributed by atoms with Crippen molar-refractivity contribution in [2.24, 2.45) is 0 Å². The summed E-state index contributed by atoms with van der Waals surface area (Å²) in [6, 6.07) is 0.296. The first-order valence-corrected chi connectivity index (χ1v) is 5.60. The molecule has 5 heteroatoms. The summed E-state index contributed by atoms with van der Waals surface area (Å²) < 4.78 is 1.96. The second-order valence-corrected chi connectivity index (χ2v) is 4.40. The number of aromatic nitrogens is 4. The molecule has 0 unspecified atom stereocenters. The zero-order chi connectivity index (χ0) is 12.6. The maximum atomic E-state index is 10.9. The Hall–Kier alpha value is -1.91. The van der Waals surface area contributed by atoms with Gasteiger partial charge in [-0.05, 0) is 27.7 Å². The maximum Gasteiger partial charge on any atom is 0.153 e. The Bertz CT molecular complexity index is 551. The number of carbonyl (C=O) groups excluding carboxylic acids is 1. The number of aldehydes is 1. The predicted molar refractivity (Wildman–Crippen MR) is 65.1 cm³/mol. The Morgan fingerprint density at radius 2 is 2.12 bits per heavy atom. The van der Waals surface area contributed by atoms with Gasteiger partial charge < -0.3 is 0 Å². The predicted octanol–water partition coefficient (Wildman–Crippen LogP) is 2.28. The van der Waals surface area contributed by atoms with Crippen molar-refractivity contribution in [2.75, 3.05) is 0 Å². The van der Waals surface area contributed by atoms with Crippen molar-refractivity contribution in [3.63, 3.8) is 0 Å². The van der Waals surface area contributed by atoms with E-state index in [2.05, 4.69) is 29.1 Å². The van der Waals surface area contributed by atoms with Gasteiger partial charge in [-0.15, -0.1) is 0 Å². The first kappa shape index (κ1) is 11.6. The highest BCUT2D eigenvalue weighted by atomic mass is 16.1. The van der Waals surface area contributed by atoms with E-state index in [4.69, 9.17) is 0 Å². The van der Waals surface area contributed by atoms with Gasteiger partial charge in [-0.25, -0.2) is 0 Å². The van der Waals surface area contributed by atoms with Crippen LogP contribution < -0.4 is 0 Å². The van der Waals surface area contributed by atoms with E-state index < -0.39 is 0 Å². The molecule has 0 amide bonds. The van der Waals surface area contributed by atoms with Gasteiger partial charge in [0.25, 0.3) is 0 Å². The van der Waals surface area contributed by atoms with Crippen molar-refractivity contribution in [1.29, 1.82) is 0 Å². The minimum absolute atomic E-state index is 0.296. The molecule has 0 aromatic carbocycles. The topological polar surface area (TPSA) is 63.6 Å². The summed E-state index contributed by atoms with van der Waals surface area (Å²) in [6.07, 6.45) is 2.35. The van der Waals surface area contributed by atoms with Crippen LogP contribution in [0.1, 0.15) is 41.6 Å². The van der Waals surface area contributed by atoms with Crippen molar-refractivity contribution in [1.82, 2.24) is 20.0 Å². The molecule has 0 aliphatic carbocycles. The zero-order valence-electron chi connectivity index (χ0n) is 10.5. The largest absolute Gasteiger partial charge is 0.298 e. The lowest BCUT2D eigenvalue weighted by atomic mass is 10.1. The molecule has 2 heterocycles. The van der Waals surface area contributed by atoms with Gasteiger partial charge in [0.05, 0.1) is 23.1 Å². The van der Waals surface area contributed by atoms with Gasteiger partial charge in [0.15, 0.2) is 6.29 Å². The number of aryl methyl sites for hydroxylation is 1. The highest BCUT2D eigenvalue weighted by Crippen LogP contribution is 2.28. The molecule has 2 aromatic rings. The molecule has 17 heavy (non-hydrogen) atoms. The molecule has 90 valence electrons. The van der Waals surface area contributed by atoms with Crippen molar-refractivity contribution >= 4 is 6.29 Å². The number of hydrogen-bond donors (Lipinski definition) is 1. The van der Waals surface area contributed by atoms with E-state index in [0.717, 1.165) is 28.9 Å². The summed E-state index contributed by atoms with van der Waals surface area (Å²) in [5, 5.41) is 11.3. The molecular weight excluding hydrogens is 216 g/mol. The Balaban J connectivity index is 2.64. The van der Waals surface area contributed by atoms with E-state index in [-0.39, 0.29) is 0 Å². The van der Waals surface area contributed by atoms with Crippen LogP contribution in [0.4, 0.5) is 0 Å². The molecule has 1 N–H and O–H groups in total. The van der Waals surface area contributed by atoms with Crippen LogP contribution in [-0.2, 0) is 0 Å². The molecule has 0 saturated carbocycles. The number of aromatic amines is 1. The van der Waals surface area contributed by atoms with Crippen LogP contribution in [0.5, 0.6) is 0 Å². The first-order chi connectivity index (χ1) is 8.06. The Morgan fingerprint density at radius 1 is 1.41 bits per heavy atom. The summed E-state index contributed by atoms with van der Waals surface area (Å²) in [7, 11) is 0. The van der Waals surface area contributed by atoms with Gasteiger partial charge in [-0.1, -0.05) is 0 Å². The van der Waals surface area contributed by atoms with Crippen LogP contribution >= 0.6 is 0 Å². The molecule has 0 aliphatic heterocycles. The summed E-state index contributed by atoms with van der Waals surface area (Å²) in [4.78, 5) is 10.9. The SMILES string of the molecule is Cc1nn(C(C)C)c(C)c1-c1[nH]ncc1C=O. The van der Waals surface area contributed by atoms with Crippen molar-refractivity contribution in [3.05, 3.63) is 23.1 Å². The number of rotatable bonds is 3. The van der Waals surface area contributed by atoms with Crippen LogP contribution in [0.2, 0.25) is 0 Å². The first-order valence-electron chi connectivity index (χ1n) is 5.60. The van der Waals surface area contributed by atoms with Gasteiger partial charge in [0, 0.05) is 17.3 Å². The molecule has 0 fully saturated rings. The number of hydrogen-bond acceptors (Lipinski definition) is 3. The zero-order valence-corrected chi connectivity index (χ0v) is 10.5. The van der Waals surface area contributed by atoms with E-state index in [0.29, 0.717) is 11.6 Å². The maximum absolute atomic E-state index is 10.9. The normalized spacial score (nSPS) is 11.1. The van der Waals surface area contributed by atoms with Crippen LogP contribution in [0, 0.1) is 13.8 Å². The minimum Gasteiger partial charge on any atom is -0.298 e. The molecule has 0 bridgehead atoms. The van der Waals surface area contributed by atoms with E-state index >= 15 is 0 Å². The molecule has 0 atom stereocenters. The third kappa shape index (κ3) is 1.77. The van der Waals surface area contributed by atoms with Gasteiger partial charge >= 0.3 is 0 Å². The average Bonchev–Trinajstić information content (AvgIpc) is 2.83. The monoisotopic (exact) mass is 232 g/mol. The molecule has 0 radical (unpaired) electrons. The molecule has 0 aliphatic rings. The quantitative estimate of drug-likeness (QED) is 0.826. The molecule has 2 rings (SSSR count). The van der Waals surface area contributed by atoms with E-state index in [1.54, 1.807) is 0 Å². The molecule has 0 saturated heterocycles. The smallest absolute Gasteiger partial charge is 0.153 e. The fraction of sp³-hybridized carbons (Fsp3) is 0.417. The molecule has 5 nitrogen and oxygen atoms in total. The highest BCUT2D eigenvalue weighted by molar-refractivity contribution is 5.86. The highest BCUT2D eigenvalue weighted by Gasteiger charge is 2.18. The molecule has 0 spiro atoms. The van der Waals surface area contributed by atoms with Crippen molar-refractivity contribution in [3.8, 4) is 11.3 Å². The molecular formula is C12H16N4O. The summed E-state index contributed by atoms with van der Waals surface area (Å²) >= 11 is 0. The fourth-order valence-electron chi connectivity index (χ4n) is 2.11. The van der Waals surface area contributed by atoms with Crippen LogP contribution in [0.25, 0.3) is 11.3 Å². The second-order valence-electron chi connectivity index (χ2n) is 4.40. The van der Waals surface area contributed by atoms with E-state index in [1.807, 2.05) is 18.5 Å². The van der Waals surface area contributed by atoms with Crippen molar-refractivity contribution in [2.45, 2.75) is 33.7 Å². The van der Waals surface area contributed by atoms with Gasteiger partial charge in [0.2, 0.25) is 0 Å².